The van der Waals surface area contributed by atoms with Gasteiger partial charge in [-0.2, -0.15) is 0 Å². The molecule has 0 fully saturated rings. The fraction of sp³-hybridized carbons (Fsp3) is 0.0270. The van der Waals surface area contributed by atoms with E-state index in [4.69, 9.17) is 0 Å². The normalized spacial score (nSPS) is 14.2. The number of hydrogen-bond donors (Lipinski definition) is 1. The highest BCUT2D eigenvalue weighted by atomic mass is 16.3. The van der Waals surface area contributed by atoms with Crippen LogP contribution in [0.25, 0.3) is 22.3 Å². The zero-order valence-corrected chi connectivity index (χ0v) is 20.9. The molecule has 0 aromatic heterocycles. The zero-order valence-electron chi connectivity index (χ0n) is 20.9. The number of hydrogen-bond acceptors (Lipinski definition) is 1. The second-order valence-electron chi connectivity index (χ2n) is 9.29. The van der Waals surface area contributed by atoms with Crippen LogP contribution >= 0.6 is 0 Å². The molecular weight excluding hydrogens is 460 g/mol. The van der Waals surface area contributed by atoms with Gasteiger partial charge in [-0.3, -0.25) is 0 Å². The summed E-state index contributed by atoms with van der Waals surface area (Å²) in [7, 11) is 0. The summed E-state index contributed by atoms with van der Waals surface area (Å²) in [5.74, 6) is 6.66. The molecule has 0 spiro atoms. The van der Waals surface area contributed by atoms with Crippen LogP contribution in [0.15, 0.2) is 152 Å². The van der Waals surface area contributed by atoms with Gasteiger partial charge in [0.1, 0.15) is 0 Å². The summed E-state index contributed by atoms with van der Waals surface area (Å²) in [5.41, 5.74) is 6.83. The molecule has 1 N–H and O–H groups in total. The minimum atomic E-state index is -1.56. The van der Waals surface area contributed by atoms with E-state index in [9.17, 15) is 5.11 Å². The maximum atomic E-state index is 13.0. The lowest BCUT2D eigenvalue weighted by atomic mass is 9.81. The van der Waals surface area contributed by atoms with E-state index >= 15 is 0 Å². The van der Waals surface area contributed by atoms with E-state index in [0.29, 0.717) is 0 Å². The van der Waals surface area contributed by atoms with Gasteiger partial charge in [0.2, 0.25) is 0 Å². The molecule has 0 aliphatic heterocycles. The lowest BCUT2D eigenvalue weighted by Crippen LogP contribution is -2.28. The molecule has 1 nitrogen and oxygen atoms in total. The van der Waals surface area contributed by atoms with Crippen LogP contribution in [-0.2, 0) is 0 Å². The number of aliphatic hydroxyl groups is 1. The van der Waals surface area contributed by atoms with E-state index < -0.39 is 5.60 Å². The molecule has 0 unspecified atom stereocenters. The van der Waals surface area contributed by atoms with Gasteiger partial charge in [-0.25, -0.2) is 0 Å². The quantitative estimate of drug-likeness (QED) is 0.255. The molecule has 1 heteroatoms. The van der Waals surface area contributed by atoms with Crippen molar-refractivity contribution in [2.24, 2.45) is 0 Å². The second kappa shape index (κ2) is 10.2. The highest BCUT2D eigenvalue weighted by Crippen LogP contribution is 2.56. The summed E-state index contributed by atoms with van der Waals surface area (Å²) in [6.07, 6.45) is 0. The van der Waals surface area contributed by atoms with Crippen molar-refractivity contribution in [2.75, 3.05) is 0 Å². The molecule has 0 atom stereocenters. The fourth-order valence-electron chi connectivity index (χ4n) is 5.25. The Bertz CT molecular complexity index is 1570. The van der Waals surface area contributed by atoms with E-state index in [2.05, 4.69) is 60.4 Å². The first kappa shape index (κ1) is 23.5. The van der Waals surface area contributed by atoms with E-state index in [1.165, 1.54) is 0 Å². The van der Waals surface area contributed by atoms with Crippen molar-refractivity contribution in [3.05, 3.63) is 179 Å². The van der Waals surface area contributed by atoms with Gasteiger partial charge in [-0.1, -0.05) is 151 Å². The molecule has 180 valence electrons. The predicted octanol–water partition coefficient (Wildman–Crippen LogP) is 8.00. The van der Waals surface area contributed by atoms with Crippen LogP contribution < -0.4 is 0 Å². The van der Waals surface area contributed by atoms with Gasteiger partial charge in [0.15, 0.2) is 5.60 Å². The Morgan fingerprint density at radius 3 is 1.08 bits per heavy atom. The first-order chi connectivity index (χ1) is 18.8. The van der Waals surface area contributed by atoms with Crippen LogP contribution in [0.3, 0.4) is 0 Å². The third-order valence-corrected chi connectivity index (χ3v) is 6.88. The van der Waals surface area contributed by atoms with Gasteiger partial charge >= 0.3 is 0 Å². The average Bonchev–Trinajstić information content (AvgIpc) is 3.27. The lowest BCUT2D eigenvalue weighted by Gasteiger charge is -2.26. The Kier molecular flexibility index (Phi) is 6.32. The third-order valence-electron chi connectivity index (χ3n) is 6.88. The smallest absolute Gasteiger partial charge is 0.179 e. The molecule has 5 aromatic rings. The van der Waals surface area contributed by atoms with Crippen LogP contribution in [0.1, 0.15) is 27.8 Å². The zero-order chi connectivity index (χ0) is 25.8. The van der Waals surface area contributed by atoms with Gasteiger partial charge < -0.3 is 5.11 Å². The largest absolute Gasteiger partial charge is 0.369 e. The third kappa shape index (κ3) is 4.28. The topological polar surface area (TPSA) is 20.2 Å². The SMILES string of the molecule is OC1(C#Cc2ccccc2)C(c2ccccc2)=C(c2ccccc2)C(c2ccccc2)=C1c1ccccc1. The molecule has 0 saturated heterocycles. The van der Waals surface area contributed by atoms with Gasteiger partial charge in [0.25, 0.3) is 0 Å². The highest BCUT2D eigenvalue weighted by Gasteiger charge is 2.46. The average molecular weight is 487 g/mol. The molecule has 0 radical (unpaired) electrons. The van der Waals surface area contributed by atoms with Crippen molar-refractivity contribution in [2.45, 2.75) is 5.60 Å². The summed E-state index contributed by atoms with van der Waals surface area (Å²) >= 11 is 0. The summed E-state index contributed by atoms with van der Waals surface area (Å²) < 4.78 is 0. The Balaban J connectivity index is 1.77. The number of rotatable bonds is 4. The summed E-state index contributed by atoms with van der Waals surface area (Å²) in [6.45, 7) is 0. The van der Waals surface area contributed by atoms with Gasteiger partial charge in [0.05, 0.1) is 0 Å². The number of benzene rings is 5. The molecule has 0 heterocycles. The minimum absolute atomic E-state index is 0.797. The van der Waals surface area contributed by atoms with Crippen molar-refractivity contribution in [1.29, 1.82) is 0 Å². The predicted molar refractivity (Wildman–Crippen MR) is 158 cm³/mol. The van der Waals surface area contributed by atoms with Gasteiger partial charge in [-0.05, 0) is 45.5 Å². The standard InChI is InChI=1S/C37H26O/c38-37(27-26-28-16-6-1-7-17-28)35(31-22-12-4-13-23-31)33(29-18-8-2-9-19-29)34(30-20-10-3-11-21-30)36(37)32-24-14-5-15-25-32/h1-25,38H. The molecule has 5 aromatic carbocycles. The van der Waals surface area contributed by atoms with E-state index in [-0.39, 0.29) is 0 Å². The van der Waals surface area contributed by atoms with Crippen LogP contribution in [0.4, 0.5) is 0 Å². The van der Waals surface area contributed by atoms with E-state index in [1.807, 2.05) is 103 Å². The maximum Gasteiger partial charge on any atom is 0.179 e. The van der Waals surface area contributed by atoms with Crippen molar-refractivity contribution < 1.29 is 5.11 Å². The first-order valence-corrected chi connectivity index (χ1v) is 12.8. The summed E-state index contributed by atoms with van der Waals surface area (Å²) in [5, 5.41) is 13.0. The summed E-state index contributed by atoms with van der Waals surface area (Å²) in [4.78, 5) is 0. The Labute approximate surface area is 224 Å². The minimum Gasteiger partial charge on any atom is -0.369 e. The lowest BCUT2D eigenvalue weighted by molar-refractivity contribution is 0.226. The van der Waals surface area contributed by atoms with Crippen LogP contribution in [0.5, 0.6) is 0 Å². The van der Waals surface area contributed by atoms with Crippen LogP contribution in [0.2, 0.25) is 0 Å². The molecular formula is C37H26O. The van der Waals surface area contributed by atoms with Crippen molar-refractivity contribution >= 4 is 22.3 Å². The van der Waals surface area contributed by atoms with Crippen molar-refractivity contribution in [3.8, 4) is 11.8 Å². The Hall–Kier alpha value is -4.90. The molecule has 1 aliphatic rings. The Morgan fingerprint density at radius 2 is 0.711 bits per heavy atom. The molecule has 6 rings (SSSR count). The molecule has 0 saturated carbocycles. The van der Waals surface area contributed by atoms with E-state index in [1.54, 1.807) is 0 Å². The Morgan fingerprint density at radius 1 is 0.395 bits per heavy atom. The van der Waals surface area contributed by atoms with Crippen LogP contribution in [0, 0.1) is 11.8 Å². The first-order valence-electron chi connectivity index (χ1n) is 12.8. The molecule has 1 aliphatic carbocycles. The highest BCUT2D eigenvalue weighted by molar-refractivity contribution is 6.31. The molecule has 0 bridgehead atoms. The molecule has 0 amide bonds. The molecule has 38 heavy (non-hydrogen) atoms. The van der Waals surface area contributed by atoms with Gasteiger partial charge in [-0.15, -0.1) is 0 Å². The van der Waals surface area contributed by atoms with Crippen molar-refractivity contribution in [1.82, 2.24) is 0 Å². The fourth-order valence-corrected chi connectivity index (χ4v) is 5.25. The van der Waals surface area contributed by atoms with Crippen LogP contribution in [-0.4, -0.2) is 10.7 Å². The van der Waals surface area contributed by atoms with Gasteiger partial charge in [0, 0.05) is 16.7 Å². The number of allylic oxidation sites excluding steroid dienone is 2. The van der Waals surface area contributed by atoms with E-state index in [0.717, 1.165) is 50.1 Å². The van der Waals surface area contributed by atoms with Crippen molar-refractivity contribution in [3.63, 3.8) is 0 Å². The summed E-state index contributed by atoms with van der Waals surface area (Å²) in [6, 6.07) is 50.8. The second-order valence-corrected chi connectivity index (χ2v) is 9.29. The maximum absolute atomic E-state index is 13.0. The monoisotopic (exact) mass is 486 g/mol.